The third kappa shape index (κ3) is 1.97. The van der Waals surface area contributed by atoms with Crippen LogP contribution < -0.4 is 0 Å². The van der Waals surface area contributed by atoms with Crippen LogP contribution in [0.15, 0.2) is 18.2 Å². The first-order chi connectivity index (χ1) is 7.03. The van der Waals surface area contributed by atoms with Crippen molar-refractivity contribution in [2.75, 3.05) is 0 Å². The third-order valence-electron chi connectivity index (χ3n) is 2.85. The van der Waals surface area contributed by atoms with Gasteiger partial charge >= 0.3 is 5.97 Å². The molecule has 0 atom stereocenters. The number of carboxylic acids is 1. The third-order valence-corrected chi connectivity index (χ3v) is 3.09. The van der Waals surface area contributed by atoms with Crippen LogP contribution >= 0.6 is 11.6 Å². The quantitative estimate of drug-likeness (QED) is 0.864. The van der Waals surface area contributed by atoms with Crippen molar-refractivity contribution >= 4 is 17.6 Å². The van der Waals surface area contributed by atoms with Crippen LogP contribution in [0.1, 0.15) is 18.4 Å². The molecule has 2 nitrogen and oxygen atoms in total. The topological polar surface area (TPSA) is 37.3 Å². The predicted molar refractivity (Wildman–Crippen MR) is 54.4 cm³/mol. The predicted octanol–water partition coefficient (Wildman–Crippen LogP) is 2.89. The van der Waals surface area contributed by atoms with Gasteiger partial charge in [0.1, 0.15) is 5.82 Å². The minimum atomic E-state index is -0.836. The monoisotopic (exact) mass is 228 g/mol. The van der Waals surface area contributed by atoms with E-state index in [0.29, 0.717) is 23.4 Å². The van der Waals surface area contributed by atoms with Gasteiger partial charge in [0.05, 0.1) is 5.41 Å². The van der Waals surface area contributed by atoms with Gasteiger partial charge in [0.25, 0.3) is 0 Å². The maximum absolute atomic E-state index is 13.4. The molecule has 0 saturated heterocycles. The molecule has 0 unspecified atom stereocenters. The van der Waals surface area contributed by atoms with Crippen molar-refractivity contribution in [1.82, 2.24) is 0 Å². The summed E-state index contributed by atoms with van der Waals surface area (Å²) in [5.74, 6) is -1.26. The number of aliphatic carboxylic acids is 1. The van der Waals surface area contributed by atoms with E-state index >= 15 is 0 Å². The number of halogens is 2. The van der Waals surface area contributed by atoms with Crippen LogP contribution in [0.2, 0.25) is 5.02 Å². The Bertz CT molecular complexity index is 413. The van der Waals surface area contributed by atoms with E-state index in [0.717, 1.165) is 0 Å². The Balaban J connectivity index is 2.21. The SMILES string of the molecule is O=C(O)C1(Cc2ccc(Cl)cc2F)CC1. The smallest absolute Gasteiger partial charge is 0.309 e. The molecule has 1 aromatic carbocycles. The van der Waals surface area contributed by atoms with Crippen LogP contribution in [0.25, 0.3) is 0 Å². The highest BCUT2D eigenvalue weighted by molar-refractivity contribution is 6.30. The average Bonchev–Trinajstić information content (AvgIpc) is 2.91. The van der Waals surface area contributed by atoms with Gasteiger partial charge in [0.15, 0.2) is 0 Å². The molecule has 1 N–H and O–H groups in total. The summed E-state index contributed by atoms with van der Waals surface area (Å²) < 4.78 is 13.4. The summed E-state index contributed by atoms with van der Waals surface area (Å²) >= 11 is 5.61. The summed E-state index contributed by atoms with van der Waals surface area (Å²) in [6.45, 7) is 0. The fourth-order valence-electron chi connectivity index (χ4n) is 1.65. The van der Waals surface area contributed by atoms with Crippen LogP contribution in [0.5, 0.6) is 0 Å². The van der Waals surface area contributed by atoms with Crippen molar-refractivity contribution in [2.24, 2.45) is 5.41 Å². The zero-order chi connectivity index (χ0) is 11.1. The molecule has 0 bridgehead atoms. The summed E-state index contributed by atoms with van der Waals surface area (Å²) in [6, 6.07) is 4.35. The van der Waals surface area contributed by atoms with Crippen LogP contribution in [-0.4, -0.2) is 11.1 Å². The van der Waals surface area contributed by atoms with Crippen molar-refractivity contribution in [3.63, 3.8) is 0 Å². The van der Waals surface area contributed by atoms with Crippen molar-refractivity contribution in [3.05, 3.63) is 34.6 Å². The minimum absolute atomic E-state index is 0.255. The van der Waals surface area contributed by atoms with Crippen LogP contribution in [-0.2, 0) is 11.2 Å². The van der Waals surface area contributed by atoms with Gasteiger partial charge in [0.2, 0.25) is 0 Å². The lowest BCUT2D eigenvalue weighted by Gasteiger charge is -2.10. The number of carboxylic acid groups (broad SMARTS) is 1. The fourth-order valence-corrected chi connectivity index (χ4v) is 1.81. The largest absolute Gasteiger partial charge is 0.481 e. The molecule has 0 amide bonds. The van der Waals surface area contributed by atoms with E-state index in [1.165, 1.54) is 6.07 Å². The molecule has 1 aliphatic carbocycles. The zero-order valence-electron chi connectivity index (χ0n) is 7.96. The molecule has 2 rings (SSSR count). The van der Waals surface area contributed by atoms with Gasteiger partial charge < -0.3 is 5.11 Å². The molecule has 80 valence electrons. The van der Waals surface area contributed by atoms with Gasteiger partial charge in [-0.15, -0.1) is 0 Å². The van der Waals surface area contributed by atoms with Gasteiger partial charge in [-0.3, -0.25) is 4.79 Å². The maximum atomic E-state index is 13.4. The second-order valence-electron chi connectivity index (χ2n) is 4.00. The highest BCUT2D eigenvalue weighted by Crippen LogP contribution is 2.48. The van der Waals surface area contributed by atoms with Crippen molar-refractivity contribution in [3.8, 4) is 0 Å². The molecule has 0 aliphatic heterocycles. The summed E-state index contributed by atoms with van der Waals surface area (Å²) in [5.41, 5.74) is -0.298. The summed E-state index contributed by atoms with van der Waals surface area (Å²) in [4.78, 5) is 10.9. The molecule has 0 heterocycles. The van der Waals surface area contributed by atoms with Crippen LogP contribution in [0, 0.1) is 11.2 Å². The second kappa shape index (κ2) is 3.49. The van der Waals surface area contributed by atoms with Crippen molar-refractivity contribution < 1.29 is 14.3 Å². The molecular weight excluding hydrogens is 219 g/mol. The molecule has 0 aromatic heterocycles. The van der Waals surface area contributed by atoms with Gasteiger partial charge in [-0.05, 0) is 37.0 Å². The Morgan fingerprint density at radius 2 is 2.20 bits per heavy atom. The molecule has 0 spiro atoms. The lowest BCUT2D eigenvalue weighted by Crippen LogP contribution is -2.18. The second-order valence-corrected chi connectivity index (χ2v) is 4.43. The average molecular weight is 229 g/mol. The molecule has 1 aliphatic rings. The first-order valence-corrected chi connectivity index (χ1v) is 5.09. The maximum Gasteiger partial charge on any atom is 0.309 e. The molecule has 0 radical (unpaired) electrons. The zero-order valence-corrected chi connectivity index (χ0v) is 8.72. The molecule has 15 heavy (non-hydrogen) atoms. The van der Waals surface area contributed by atoms with E-state index in [1.807, 2.05) is 0 Å². The van der Waals surface area contributed by atoms with E-state index < -0.39 is 17.2 Å². The first-order valence-electron chi connectivity index (χ1n) is 4.71. The number of hydrogen-bond donors (Lipinski definition) is 1. The Morgan fingerprint density at radius 3 is 2.67 bits per heavy atom. The molecule has 1 aromatic rings. The number of hydrogen-bond acceptors (Lipinski definition) is 1. The number of carbonyl (C=O) groups is 1. The van der Waals surface area contributed by atoms with Crippen molar-refractivity contribution in [2.45, 2.75) is 19.3 Å². The van der Waals surface area contributed by atoms with Crippen LogP contribution in [0.4, 0.5) is 4.39 Å². The Kier molecular flexibility index (Phi) is 2.43. The van der Waals surface area contributed by atoms with Crippen LogP contribution in [0.3, 0.4) is 0 Å². The van der Waals surface area contributed by atoms with Gasteiger partial charge in [-0.2, -0.15) is 0 Å². The normalized spacial score (nSPS) is 17.5. The number of benzene rings is 1. The Hall–Kier alpha value is -1.09. The van der Waals surface area contributed by atoms with Gasteiger partial charge in [-0.1, -0.05) is 17.7 Å². The summed E-state index contributed by atoms with van der Waals surface area (Å²) in [7, 11) is 0. The van der Waals surface area contributed by atoms with E-state index in [4.69, 9.17) is 16.7 Å². The Morgan fingerprint density at radius 1 is 1.53 bits per heavy atom. The van der Waals surface area contributed by atoms with Gasteiger partial charge in [0, 0.05) is 5.02 Å². The van der Waals surface area contributed by atoms with E-state index in [1.54, 1.807) is 12.1 Å². The standard InChI is InChI=1S/C11H10ClFO2/c12-8-2-1-7(9(13)5-8)6-11(3-4-11)10(14)15/h1-2,5H,3-4,6H2,(H,14,15). The highest BCUT2D eigenvalue weighted by Gasteiger charge is 2.50. The van der Waals surface area contributed by atoms with E-state index in [2.05, 4.69) is 0 Å². The van der Waals surface area contributed by atoms with E-state index in [9.17, 15) is 9.18 Å². The lowest BCUT2D eigenvalue weighted by molar-refractivity contribution is -0.143. The Labute approximate surface area is 91.7 Å². The number of rotatable bonds is 3. The van der Waals surface area contributed by atoms with Gasteiger partial charge in [-0.25, -0.2) is 4.39 Å². The van der Waals surface area contributed by atoms with E-state index in [-0.39, 0.29) is 6.42 Å². The van der Waals surface area contributed by atoms with Crippen molar-refractivity contribution in [1.29, 1.82) is 0 Å². The first kappa shape index (κ1) is 10.4. The fraction of sp³-hybridized carbons (Fsp3) is 0.364. The highest BCUT2D eigenvalue weighted by atomic mass is 35.5. The lowest BCUT2D eigenvalue weighted by atomic mass is 9.96. The molecule has 1 saturated carbocycles. The summed E-state index contributed by atoms with van der Waals surface area (Å²) in [6.07, 6.45) is 1.51. The molecule has 1 fully saturated rings. The molecule has 4 heteroatoms. The minimum Gasteiger partial charge on any atom is -0.481 e. The summed E-state index contributed by atoms with van der Waals surface area (Å²) in [5, 5.41) is 9.29. The molecular formula is C11H10ClFO2.